The van der Waals surface area contributed by atoms with Gasteiger partial charge in [-0.3, -0.25) is 14.4 Å². The van der Waals surface area contributed by atoms with E-state index in [0.717, 1.165) is 135 Å². The van der Waals surface area contributed by atoms with Gasteiger partial charge in [-0.1, -0.05) is 262 Å². The van der Waals surface area contributed by atoms with Crippen LogP contribution >= 0.6 is 0 Å². The summed E-state index contributed by atoms with van der Waals surface area (Å²) < 4.78 is 16.7. The maximum absolute atomic E-state index is 12.8. The number of esters is 3. The van der Waals surface area contributed by atoms with Gasteiger partial charge in [-0.05, 0) is 116 Å². The second-order valence-electron chi connectivity index (χ2n) is 19.1. The summed E-state index contributed by atoms with van der Waals surface area (Å²) >= 11 is 0. The van der Waals surface area contributed by atoms with E-state index in [1.54, 1.807) is 0 Å². The molecule has 0 aromatic rings. The zero-order valence-corrected chi connectivity index (χ0v) is 48.0. The zero-order valence-electron chi connectivity index (χ0n) is 48.0. The van der Waals surface area contributed by atoms with Gasteiger partial charge in [-0.15, -0.1) is 0 Å². The van der Waals surface area contributed by atoms with Gasteiger partial charge in [-0.25, -0.2) is 0 Å². The molecule has 0 N–H and O–H groups in total. The monoisotopic (exact) mass is 1030 g/mol. The Morgan fingerprint density at radius 2 is 0.547 bits per heavy atom. The number of carbonyl (C=O) groups is 3. The van der Waals surface area contributed by atoms with Crippen molar-refractivity contribution in [3.63, 3.8) is 0 Å². The van der Waals surface area contributed by atoms with Crippen LogP contribution in [-0.4, -0.2) is 37.2 Å². The molecule has 75 heavy (non-hydrogen) atoms. The lowest BCUT2D eigenvalue weighted by Gasteiger charge is -2.18. The van der Waals surface area contributed by atoms with Gasteiger partial charge >= 0.3 is 17.9 Å². The van der Waals surface area contributed by atoms with E-state index < -0.39 is 12.1 Å². The minimum atomic E-state index is -0.828. The summed E-state index contributed by atoms with van der Waals surface area (Å²) in [6.45, 7) is 6.30. The molecule has 420 valence electrons. The van der Waals surface area contributed by atoms with Gasteiger partial charge in [0.25, 0.3) is 0 Å². The lowest BCUT2D eigenvalue weighted by atomic mass is 10.1. The molecule has 0 saturated heterocycles. The summed E-state index contributed by atoms with van der Waals surface area (Å²) in [5, 5.41) is 0. The van der Waals surface area contributed by atoms with Crippen LogP contribution < -0.4 is 0 Å². The van der Waals surface area contributed by atoms with Crippen LogP contribution in [0.2, 0.25) is 0 Å². The van der Waals surface area contributed by atoms with Gasteiger partial charge in [0.1, 0.15) is 13.2 Å². The van der Waals surface area contributed by atoms with Crippen LogP contribution in [0.25, 0.3) is 0 Å². The van der Waals surface area contributed by atoms with Crippen molar-refractivity contribution in [2.24, 2.45) is 0 Å². The summed E-state index contributed by atoms with van der Waals surface area (Å²) in [6, 6.07) is 0. The molecule has 1 atom stereocenters. The Balaban J connectivity index is 4.38. The predicted octanol–water partition coefficient (Wildman–Crippen LogP) is 20.5. The third-order valence-corrected chi connectivity index (χ3v) is 12.0. The van der Waals surface area contributed by atoms with E-state index in [4.69, 9.17) is 14.2 Å². The Morgan fingerprint density at radius 3 is 0.867 bits per heavy atom. The highest BCUT2D eigenvalue weighted by Crippen LogP contribution is 2.13. The van der Waals surface area contributed by atoms with Crippen LogP contribution in [0.4, 0.5) is 0 Å². The van der Waals surface area contributed by atoms with Crippen LogP contribution in [0, 0.1) is 0 Å². The molecule has 0 aromatic heterocycles. The van der Waals surface area contributed by atoms with Crippen molar-refractivity contribution in [3.05, 3.63) is 158 Å². The summed E-state index contributed by atoms with van der Waals surface area (Å²) in [7, 11) is 0. The van der Waals surface area contributed by atoms with Gasteiger partial charge in [0.2, 0.25) is 0 Å². The molecule has 0 aliphatic carbocycles. The van der Waals surface area contributed by atoms with E-state index >= 15 is 0 Å². The van der Waals surface area contributed by atoms with Crippen LogP contribution in [-0.2, 0) is 28.6 Å². The second kappa shape index (κ2) is 61.6. The topological polar surface area (TPSA) is 78.9 Å². The van der Waals surface area contributed by atoms with Crippen molar-refractivity contribution in [2.75, 3.05) is 13.2 Å². The number of hydrogen-bond acceptors (Lipinski definition) is 6. The lowest BCUT2D eigenvalue weighted by Crippen LogP contribution is -2.30. The van der Waals surface area contributed by atoms with Crippen molar-refractivity contribution in [2.45, 2.75) is 245 Å². The van der Waals surface area contributed by atoms with Gasteiger partial charge < -0.3 is 14.2 Å². The van der Waals surface area contributed by atoms with Crippen molar-refractivity contribution < 1.29 is 28.6 Å². The molecule has 0 amide bonds. The number of ether oxygens (including phenoxy) is 3. The molecule has 0 saturated carbocycles. The van der Waals surface area contributed by atoms with E-state index in [-0.39, 0.29) is 31.6 Å². The first-order valence-corrected chi connectivity index (χ1v) is 30.0. The van der Waals surface area contributed by atoms with E-state index in [1.165, 1.54) is 57.8 Å². The summed E-state index contributed by atoms with van der Waals surface area (Å²) in [5.74, 6) is -1.02. The average molecular weight is 1030 g/mol. The Hall–Kier alpha value is -4.97. The number of unbranched alkanes of at least 4 members (excludes halogenated alkanes) is 15. The maximum atomic E-state index is 12.8. The van der Waals surface area contributed by atoms with Gasteiger partial charge in [-0.2, -0.15) is 0 Å². The van der Waals surface area contributed by atoms with Crippen LogP contribution in [0.1, 0.15) is 239 Å². The second-order valence-corrected chi connectivity index (χ2v) is 19.1. The van der Waals surface area contributed by atoms with Crippen molar-refractivity contribution in [1.82, 2.24) is 0 Å². The van der Waals surface area contributed by atoms with Gasteiger partial charge in [0, 0.05) is 19.3 Å². The highest BCUT2D eigenvalue weighted by Gasteiger charge is 2.19. The molecule has 0 aliphatic rings. The molecule has 6 nitrogen and oxygen atoms in total. The largest absolute Gasteiger partial charge is 0.462 e. The molecular formula is C69H108O6. The fourth-order valence-corrected chi connectivity index (χ4v) is 7.62. The normalized spacial score (nSPS) is 13.3. The van der Waals surface area contributed by atoms with Gasteiger partial charge in [0.05, 0.1) is 0 Å². The number of rotatable bonds is 52. The summed E-state index contributed by atoms with van der Waals surface area (Å²) in [6.07, 6.45) is 89.7. The van der Waals surface area contributed by atoms with E-state index in [2.05, 4.69) is 167 Å². The smallest absolute Gasteiger partial charge is 0.306 e. The number of hydrogen-bond donors (Lipinski definition) is 0. The third kappa shape index (κ3) is 59.8. The van der Waals surface area contributed by atoms with Crippen molar-refractivity contribution >= 4 is 17.9 Å². The SMILES string of the molecule is CC/C=C\C/C=C\C/C=C\C/C=C\C/C=C\C/C=C\C/C=C\CCCCCCCCCC(=O)OCC(COC(=O)CCCCCCCCCCC)OC(=O)CC/C=C\C/C=C\C/C=C\C/C=C\C/C=C\C/C=C\CC. The Bertz CT molecular complexity index is 1710. The summed E-state index contributed by atoms with van der Waals surface area (Å²) in [5.41, 5.74) is 0. The molecule has 6 heteroatoms. The van der Waals surface area contributed by atoms with E-state index in [9.17, 15) is 14.4 Å². The Labute approximate surface area is 460 Å². The van der Waals surface area contributed by atoms with Crippen LogP contribution in [0.3, 0.4) is 0 Å². The highest BCUT2D eigenvalue weighted by molar-refractivity contribution is 5.71. The third-order valence-electron chi connectivity index (χ3n) is 12.0. The predicted molar refractivity (Wildman–Crippen MR) is 325 cm³/mol. The molecule has 0 spiro atoms. The molecule has 0 rings (SSSR count). The maximum Gasteiger partial charge on any atom is 0.306 e. The minimum absolute atomic E-state index is 0.117. The van der Waals surface area contributed by atoms with Crippen molar-refractivity contribution in [1.29, 1.82) is 0 Å². The van der Waals surface area contributed by atoms with Crippen molar-refractivity contribution in [3.8, 4) is 0 Å². The van der Waals surface area contributed by atoms with E-state index in [0.29, 0.717) is 19.3 Å². The molecule has 0 aromatic carbocycles. The summed E-state index contributed by atoms with van der Waals surface area (Å²) in [4.78, 5) is 38.1. The van der Waals surface area contributed by atoms with Crippen LogP contribution in [0.5, 0.6) is 0 Å². The molecule has 1 unspecified atom stereocenters. The van der Waals surface area contributed by atoms with Crippen LogP contribution in [0.15, 0.2) is 158 Å². The Morgan fingerprint density at radius 1 is 0.280 bits per heavy atom. The molecule has 0 aliphatic heterocycles. The van der Waals surface area contributed by atoms with Gasteiger partial charge in [0.15, 0.2) is 6.10 Å². The first kappa shape index (κ1) is 70.0. The molecular weight excluding hydrogens is 925 g/mol. The fraction of sp³-hybridized carbons (Fsp3) is 0.580. The quantitative estimate of drug-likeness (QED) is 0.0261. The minimum Gasteiger partial charge on any atom is -0.462 e. The van der Waals surface area contributed by atoms with E-state index in [1.807, 2.05) is 12.2 Å². The fourth-order valence-electron chi connectivity index (χ4n) is 7.62. The molecule has 0 heterocycles. The molecule has 0 bridgehead atoms. The highest BCUT2D eigenvalue weighted by atomic mass is 16.6. The molecule has 0 fully saturated rings. The Kier molecular flexibility index (Phi) is 57.5. The first-order valence-electron chi connectivity index (χ1n) is 30.0. The number of allylic oxidation sites excluding steroid dienone is 26. The standard InChI is InChI=1S/C69H108O6/c1-4-7-10-13-16-19-21-23-25-27-29-30-31-32-33-34-35-36-37-38-40-41-43-45-47-50-53-56-59-62-68(71)74-65-66(64-73-67(70)61-58-55-52-49-18-15-12-9-6-3)75-69(72)63-60-57-54-51-48-46-44-42-39-28-26-24-22-20-17-14-11-8-5-2/h7-8,10-11,16-17,19-20,23-26,29-30,32-33,35-36,38-40,42,46,48,54,57,66H,4-6,9,12-15,18,21-22,27-28,31,34,37,41,43-45,47,49-53,55-56,58-65H2,1-3H3/b10-7-,11-8-,19-16-,20-17-,25-23-,26-24-,30-29-,33-32-,36-35-,40-38-,42-39-,48-46-,57-54-. The zero-order chi connectivity index (χ0) is 54.3. The first-order chi connectivity index (χ1) is 37.0. The number of carbonyl (C=O) groups excluding carboxylic acids is 3. The molecule has 0 radical (unpaired) electrons. The average Bonchev–Trinajstić information content (AvgIpc) is 3.41. The lowest BCUT2D eigenvalue weighted by molar-refractivity contribution is -0.166.